The third kappa shape index (κ3) is 4.08. The van der Waals surface area contributed by atoms with E-state index in [0.717, 1.165) is 30.5 Å². The van der Waals surface area contributed by atoms with Crippen LogP contribution in [0.3, 0.4) is 0 Å². The predicted octanol–water partition coefficient (Wildman–Crippen LogP) is 3.32. The summed E-state index contributed by atoms with van der Waals surface area (Å²) >= 11 is 0. The van der Waals surface area contributed by atoms with Crippen LogP contribution in [0.25, 0.3) is 0 Å². The first-order chi connectivity index (χ1) is 9.22. The first-order valence-electron chi connectivity index (χ1n) is 7.68. The monoisotopic (exact) mass is 264 g/mol. The number of hydrogen-bond acceptors (Lipinski definition) is 3. The zero-order valence-electron chi connectivity index (χ0n) is 12.7. The number of rotatable bonds is 6. The van der Waals surface area contributed by atoms with Crippen LogP contribution in [0.15, 0.2) is 10.5 Å². The Balaban J connectivity index is 1.83. The third-order valence-corrected chi connectivity index (χ3v) is 4.19. The first-order valence-corrected chi connectivity index (χ1v) is 7.68. The topological polar surface area (TPSA) is 28.4 Å². The molecule has 1 saturated heterocycles. The SMILES string of the molecule is CCCC1CCN(Cc2cc(C)c(CNC)o2)CC1. The largest absolute Gasteiger partial charge is 0.463 e. The van der Waals surface area contributed by atoms with E-state index in [1.54, 1.807) is 0 Å². The highest BCUT2D eigenvalue weighted by Crippen LogP contribution is 2.24. The molecule has 1 aliphatic rings. The molecule has 0 aromatic carbocycles. The van der Waals surface area contributed by atoms with Crippen molar-refractivity contribution < 1.29 is 4.42 Å². The minimum atomic E-state index is 0.824. The molecule has 3 nitrogen and oxygen atoms in total. The fourth-order valence-corrected chi connectivity index (χ4v) is 3.07. The van der Waals surface area contributed by atoms with E-state index < -0.39 is 0 Å². The van der Waals surface area contributed by atoms with Crippen LogP contribution in [0.4, 0.5) is 0 Å². The maximum atomic E-state index is 5.93. The van der Waals surface area contributed by atoms with Gasteiger partial charge in [0.25, 0.3) is 0 Å². The van der Waals surface area contributed by atoms with Crippen molar-refractivity contribution in [3.05, 3.63) is 23.2 Å². The molecule has 3 heteroatoms. The number of aryl methyl sites for hydroxylation is 1. The van der Waals surface area contributed by atoms with Gasteiger partial charge in [-0.1, -0.05) is 19.8 Å². The van der Waals surface area contributed by atoms with Gasteiger partial charge in [-0.25, -0.2) is 0 Å². The van der Waals surface area contributed by atoms with Crippen molar-refractivity contribution in [2.24, 2.45) is 5.92 Å². The van der Waals surface area contributed by atoms with Crippen LogP contribution < -0.4 is 5.32 Å². The molecule has 1 aromatic rings. The molecule has 0 radical (unpaired) electrons. The average molecular weight is 264 g/mol. The Morgan fingerprint density at radius 2 is 2.11 bits per heavy atom. The smallest absolute Gasteiger partial charge is 0.120 e. The van der Waals surface area contributed by atoms with Crippen LogP contribution >= 0.6 is 0 Å². The number of piperidine rings is 1. The van der Waals surface area contributed by atoms with Gasteiger partial charge in [0.1, 0.15) is 11.5 Å². The summed E-state index contributed by atoms with van der Waals surface area (Å²) < 4.78 is 5.93. The third-order valence-electron chi connectivity index (χ3n) is 4.19. The normalized spacial score (nSPS) is 18.1. The number of nitrogens with one attached hydrogen (secondary N) is 1. The van der Waals surface area contributed by atoms with Crippen molar-refractivity contribution >= 4 is 0 Å². The summed E-state index contributed by atoms with van der Waals surface area (Å²) in [6, 6.07) is 2.20. The summed E-state index contributed by atoms with van der Waals surface area (Å²) in [4.78, 5) is 2.54. The van der Waals surface area contributed by atoms with Gasteiger partial charge in [-0.3, -0.25) is 4.90 Å². The molecule has 2 rings (SSSR count). The lowest BCUT2D eigenvalue weighted by Gasteiger charge is -2.31. The molecule has 1 aromatic heterocycles. The second kappa shape index (κ2) is 7.11. The summed E-state index contributed by atoms with van der Waals surface area (Å²) in [5, 5.41) is 3.15. The van der Waals surface area contributed by atoms with Crippen molar-refractivity contribution in [2.45, 2.75) is 52.6 Å². The summed E-state index contributed by atoms with van der Waals surface area (Å²) in [6.07, 6.45) is 5.45. The van der Waals surface area contributed by atoms with Crippen LogP contribution in [-0.2, 0) is 13.1 Å². The van der Waals surface area contributed by atoms with Gasteiger partial charge in [-0.15, -0.1) is 0 Å². The van der Waals surface area contributed by atoms with Crippen molar-refractivity contribution in [3.63, 3.8) is 0 Å². The fourth-order valence-electron chi connectivity index (χ4n) is 3.07. The molecule has 0 unspecified atom stereocenters. The van der Waals surface area contributed by atoms with E-state index in [2.05, 4.69) is 30.1 Å². The Bertz CT molecular complexity index is 378. The Morgan fingerprint density at radius 3 is 2.74 bits per heavy atom. The molecule has 0 aliphatic carbocycles. The van der Waals surface area contributed by atoms with E-state index in [0.29, 0.717) is 0 Å². The summed E-state index contributed by atoms with van der Waals surface area (Å²) in [5.74, 6) is 3.16. The minimum absolute atomic E-state index is 0.824. The van der Waals surface area contributed by atoms with E-state index in [9.17, 15) is 0 Å². The lowest BCUT2D eigenvalue weighted by molar-refractivity contribution is 0.161. The number of nitrogens with zero attached hydrogens (tertiary/aromatic N) is 1. The molecule has 1 aliphatic heterocycles. The maximum Gasteiger partial charge on any atom is 0.120 e. The van der Waals surface area contributed by atoms with Gasteiger partial charge < -0.3 is 9.73 Å². The van der Waals surface area contributed by atoms with Gasteiger partial charge in [0, 0.05) is 0 Å². The fraction of sp³-hybridized carbons (Fsp3) is 0.750. The van der Waals surface area contributed by atoms with Crippen molar-refractivity contribution in [3.8, 4) is 0 Å². The zero-order valence-corrected chi connectivity index (χ0v) is 12.7. The maximum absolute atomic E-state index is 5.93. The predicted molar refractivity (Wildman–Crippen MR) is 79.1 cm³/mol. The molecule has 19 heavy (non-hydrogen) atoms. The van der Waals surface area contributed by atoms with Crippen molar-refractivity contribution in [1.82, 2.24) is 10.2 Å². The molecule has 0 bridgehead atoms. The first kappa shape index (κ1) is 14.6. The van der Waals surface area contributed by atoms with Gasteiger partial charge in [0.05, 0.1) is 13.1 Å². The van der Waals surface area contributed by atoms with Gasteiger partial charge in [0.15, 0.2) is 0 Å². The quantitative estimate of drug-likeness (QED) is 0.854. The molecule has 0 spiro atoms. The standard InChI is InChI=1S/C16H28N2O/c1-4-5-14-6-8-18(9-7-14)12-15-10-13(2)16(19-15)11-17-3/h10,14,17H,4-9,11-12H2,1-3H3. The molecular weight excluding hydrogens is 236 g/mol. The van der Waals surface area contributed by atoms with Crippen LogP contribution in [0, 0.1) is 12.8 Å². The molecule has 1 N–H and O–H groups in total. The highest BCUT2D eigenvalue weighted by atomic mass is 16.3. The molecule has 2 heterocycles. The molecule has 108 valence electrons. The van der Waals surface area contributed by atoms with Gasteiger partial charge in [-0.2, -0.15) is 0 Å². The molecule has 0 saturated carbocycles. The number of hydrogen-bond donors (Lipinski definition) is 1. The van der Waals surface area contributed by atoms with E-state index in [-0.39, 0.29) is 0 Å². The molecular formula is C16H28N2O. The second-order valence-electron chi connectivity index (χ2n) is 5.86. The van der Waals surface area contributed by atoms with E-state index in [1.807, 2.05) is 7.05 Å². The van der Waals surface area contributed by atoms with Gasteiger partial charge in [0.2, 0.25) is 0 Å². The molecule has 0 atom stereocenters. The van der Waals surface area contributed by atoms with Crippen LogP contribution in [0.5, 0.6) is 0 Å². The molecule has 0 amide bonds. The van der Waals surface area contributed by atoms with Crippen LogP contribution in [0.2, 0.25) is 0 Å². The Labute approximate surface area is 117 Å². The second-order valence-corrected chi connectivity index (χ2v) is 5.86. The van der Waals surface area contributed by atoms with Gasteiger partial charge in [-0.05, 0) is 57.5 Å². The Hall–Kier alpha value is -0.800. The average Bonchev–Trinajstić information content (AvgIpc) is 2.73. The lowest BCUT2D eigenvalue weighted by Crippen LogP contribution is -2.33. The van der Waals surface area contributed by atoms with E-state index in [1.165, 1.54) is 44.3 Å². The molecule has 1 fully saturated rings. The highest BCUT2D eigenvalue weighted by molar-refractivity contribution is 5.20. The zero-order chi connectivity index (χ0) is 13.7. The lowest BCUT2D eigenvalue weighted by atomic mass is 9.92. The van der Waals surface area contributed by atoms with Gasteiger partial charge >= 0.3 is 0 Å². The van der Waals surface area contributed by atoms with E-state index in [4.69, 9.17) is 4.42 Å². The Morgan fingerprint density at radius 1 is 1.37 bits per heavy atom. The van der Waals surface area contributed by atoms with E-state index >= 15 is 0 Å². The van der Waals surface area contributed by atoms with Crippen molar-refractivity contribution in [1.29, 1.82) is 0 Å². The summed E-state index contributed by atoms with van der Waals surface area (Å²) in [5.41, 5.74) is 1.27. The number of furan rings is 1. The summed E-state index contributed by atoms with van der Waals surface area (Å²) in [6.45, 7) is 8.68. The minimum Gasteiger partial charge on any atom is -0.463 e. The number of likely N-dealkylation sites (tertiary alicyclic amines) is 1. The van der Waals surface area contributed by atoms with Crippen molar-refractivity contribution in [2.75, 3.05) is 20.1 Å². The highest BCUT2D eigenvalue weighted by Gasteiger charge is 2.19. The summed E-state index contributed by atoms with van der Waals surface area (Å²) in [7, 11) is 1.96. The Kier molecular flexibility index (Phi) is 5.46. The van der Waals surface area contributed by atoms with Crippen LogP contribution in [-0.4, -0.2) is 25.0 Å². The van der Waals surface area contributed by atoms with Crippen LogP contribution in [0.1, 0.15) is 49.7 Å².